The van der Waals surface area contributed by atoms with Gasteiger partial charge in [-0.05, 0) is 55.4 Å². The molecule has 19 heavy (non-hydrogen) atoms. The van der Waals surface area contributed by atoms with Gasteiger partial charge in [0.15, 0.2) is 0 Å². The van der Waals surface area contributed by atoms with Crippen LogP contribution in [-0.4, -0.2) is 16.6 Å². The maximum Gasteiger partial charge on any atom is 0.329 e. The highest BCUT2D eigenvalue weighted by Gasteiger charge is 2.43. The molecule has 0 spiro atoms. The first kappa shape index (κ1) is 13.8. The summed E-state index contributed by atoms with van der Waals surface area (Å²) in [6.45, 7) is 4.25. The Morgan fingerprint density at radius 3 is 2.47 bits per heavy atom. The van der Waals surface area contributed by atoms with Crippen LogP contribution >= 0.6 is 0 Å². The fourth-order valence-corrected chi connectivity index (χ4v) is 2.78. The normalized spacial score (nSPS) is 30.9. The molecule has 0 radical (unpaired) electrons. The smallest absolute Gasteiger partial charge is 0.329 e. The zero-order valence-electron chi connectivity index (χ0n) is 11.3. The number of hydrogen-bond acceptors (Lipinski definition) is 2. The van der Waals surface area contributed by atoms with Crippen molar-refractivity contribution in [2.75, 3.05) is 5.32 Å². The molecule has 0 aromatic heterocycles. The molecule has 1 aromatic carbocycles. The van der Waals surface area contributed by atoms with E-state index in [1.54, 1.807) is 12.1 Å². The van der Waals surface area contributed by atoms with E-state index in [0.29, 0.717) is 30.4 Å². The molecule has 0 aliphatic heterocycles. The predicted octanol–water partition coefficient (Wildman–Crippen LogP) is 3.52. The van der Waals surface area contributed by atoms with Gasteiger partial charge < -0.3 is 10.4 Å². The van der Waals surface area contributed by atoms with Crippen molar-refractivity contribution in [3.8, 4) is 0 Å². The first-order valence-electron chi connectivity index (χ1n) is 6.70. The van der Waals surface area contributed by atoms with Gasteiger partial charge >= 0.3 is 5.97 Å². The zero-order valence-corrected chi connectivity index (χ0v) is 11.3. The molecule has 104 valence electrons. The summed E-state index contributed by atoms with van der Waals surface area (Å²) in [6, 6.07) is 5.85. The summed E-state index contributed by atoms with van der Waals surface area (Å²) in [7, 11) is 0. The first-order valence-corrected chi connectivity index (χ1v) is 6.70. The van der Waals surface area contributed by atoms with Crippen molar-refractivity contribution in [3.63, 3.8) is 0 Å². The molecule has 0 heterocycles. The molecule has 1 aliphatic carbocycles. The molecule has 1 fully saturated rings. The summed E-state index contributed by atoms with van der Waals surface area (Å²) in [5.74, 6) is -0.239. The summed E-state index contributed by atoms with van der Waals surface area (Å²) >= 11 is 0. The molecular weight excluding hydrogens is 245 g/mol. The van der Waals surface area contributed by atoms with E-state index in [9.17, 15) is 14.3 Å². The lowest BCUT2D eigenvalue weighted by Gasteiger charge is -2.40. The number of halogens is 1. The fraction of sp³-hybridized carbons (Fsp3) is 0.533. The number of benzene rings is 1. The summed E-state index contributed by atoms with van der Waals surface area (Å²) in [6.07, 6.45) is 2.09. The van der Waals surface area contributed by atoms with E-state index in [4.69, 9.17) is 0 Å². The van der Waals surface area contributed by atoms with E-state index in [0.717, 1.165) is 6.42 Å². The van der Waals surface area contributed by atoms with Gasteiger partial charge in [0.1, 0.15) is 11.4 Å². The van der Waals surface area contributed by atoms with Crippen LogP contribution in [0.3, 0.4) is 0 Å². The highest BCUT2D eigenvalue weighted by atomic mass is 19.1. The molecule has 1 aliphatic rings. The predicted molar refractivity (Wildman–Crippen MR) is 72.6 cm³/mol. The first-order chi connectivity index (χ1) is 8.93. The second-order valence-corrected chi connectivity index (χ2v) is 5.72. The molecule has 3 nitrogen and oxygen atoms in total. The average molecular weight is 265 g/mol. The molecule has 1 saturated carbocycles. The minimum atomic E-state index is -0.927. The molecule has 1 aromatic rings. The molecule has 3 unspecified atom stereocenters. The van der Waals surface area contributed by atoms with Crippen molar-refractivity contribution in [3.05, 3.63) is 30.1 Å². The van der Waals surface area contributed by atoms with Gasteiger partial charge in [-0.25, -0.2) is 9.18 Å². The SMILES string of the molecule is CC1CCC(Nc2ccc(F)cc2)(C(=O)O)CC1C. The number of hydrogen-bond donors (Lipinski definition) is 2. The van der Waals surface area contributed by atoms with E-state index >= 15 is 0 Å². The average Bonchev–Trinajstić information content (AvgIpc) is 2.37. The topological polar surface area (TPSA) is 49.3 Å². The lowest BCUT2D eigenvalue weighted by Crippen LogP contribution is -2.51. The van der Waals surface area contributed by atoms with Gasteiger partial charge in [-0.1, -0.05) is 13.8 Å². The maximum atomic E-state index is 12.9. The lowest BCUT2D eigenvalue weighted by molar-refractivity contribution is -0.144. The molecule has 2 rings (SSSR count). The Bertz CT molecular complexity index is 460. The molecule has 0 bridgehead atoms. The zero-order chi connectivity index (χ0) is 14.0. The van der Waals surface area contributed by atoms with Crippen molar-refractivity contribution in [2.45, 2.75) is 38.6 Å². The summed E-state index contributed by atoms with van der Waals surface area (Å²) in [5.41, 5.74) is -0.269. The van der Waals surface area contributed by atoms with Crippen LogP contribution in [0.5, 0.6) is 0 Å². The molecule has 3 atom stereocenters. The van der Waals surface area contributed by atoms with E-state index < -0.39 is 11.5 Å². The lowest BCUT2D eigenvalue weighted by atomic mass is 9.71. The number of carboxylic acids is 1. The number of aliphatic carboxylic acids is 1. The fourth-order valence-electron chi connectivity index (χ4n) is 2.78. The van der Waals surface area contributed by atoms with Gasteiger partial charge in [0, 0.05) is 5.69 Å². The van der Waals surface area contributed by atoms with Gasteiger partial charge in [-0.15, -0.1) is 0 Å². The Labute approximate surface area is 112 Å². The third-order valence-corrected chi connectivity index (χ3v) is 4.31. The Balaban J connectivity index is 2.21. The van der Waals surface area contributed by atoms with Crippen molar-refractivity contribution < 1.29 is 14.3 Å². The molecule has 2 N–H and O–H groups in total. The highest BCUT2D eigenvalue weighted by molar-refractivity contribution is 5.83. The van der Waals surface area contributed by atoms with E-state index in [2.05, 4.69) is 19.2 Å². The van der Waals surface area contributed by atoms with Crippen LogP contribution in [0.25, 0.3) is 0 Å². The van der Waals surface area contributed by atoms with Crippen molar-refractivity contribution >= 4 is 11.7 Å². The summed E-state index contributed by atoms with van der Waals surface area (Å²) < 4.78 is 12.9. The van der Waals surface area contributed by atoms with Crippen LogP contribution in [0, 0.1) is 17.7 Å². The Morgan fingerprint density at radius 2 is 1.95 bits per heavy atom. The Hall–Kier alpha value is -1.58. The summed E-state index contributed by atoms with van der Waals surface area (Å²) in [5, 5.41) is 12.7. The number of rotatable bonds is 3. The van der Waals surface area contributed by atoms with Gasteiger partial charge in [0.05, 0.1) is 0 Å². The molecule has 4 heteroatoms. The molecular formula is C15H20FNO2. The standard InChI is InChI=1S/C15H20FNO2/c1-10-7-8-15(14(18)19,9-11(10)2)17-13-5-3-12(16)4-6-13/h3-6,10-11,17H,7-9H2,1-2H3,(H,18,19). The molecule has 0 amide bonds. The second-order valence-electron chi connectivity index (χ2n) is 5.72. The minimum Gasteiger partial charge on any atom is -0.480 e. The number of carboxylic acid groups (broad SMARTS) is 1. The minimum absolute atomic E-state index is 0.319. The number of nitrogens with one attached hydrogen (secondary N) is 1. The Kier molecular flexibility index (Phi) is 3.78. The van der Waals surface area contributed by atoms with E-state index in [1.165, 1.54) is 12.1 Å². The van der Waals surface area contributed by atoms with Crippen molar-refractivity contribution in [2.24, 2.45) is 11.8 Å². The van der Waals surface area contributed by atoms with Crippen LogP contribution < -0.4 is 5.32 Å². The highest BCUT2D eigenvalue weighted by Crippen LogP contribution is 2.38. The maximum absolute atomic E-state index is 12.9. The van der Waals surface area contributed by atoms with E-state index in [1.807, 2.05) is 0 Å². The third kappa shape index (κ3) is 2.88. The van der Waals surface area contributed by atoms with Crippen LogP contribution in [-0.2, 0) is 4.79 Å². The largest absolute Gasteiger partial charge is 0.480 e. The van der Waals surface area contributed by atoms with Crippen LogP contribution in [0.15, 0.2) is 24.3 Å². The van der Waals surface area contributed by atoms with E-state index in [-0.39, 0.29) is 5.82 Å². The van der Waals surface area contributed by atoms with Crippen LogP contribution in [0.1, 0.15) is 33.1 Å². The van der Waals surface area contributed by atoms with Gasteiger partial charge in [0.2, 0.25) is 0 Å². The quantitative estimate of drug-likeness (QED) is 0.879. The van der Waals surface area contributed by atoms with Crippen LogP contribution in [0.2, 0.25) is 0 Å². The van der Waals surface area contributed by atoms with Crippen molar-refractivity contribution in [1.29, 1.82) is 0 Å². The van der Waals surface area contributed by atoms with Crippen LogP contribution in [0.4, 0.5) is 10.1 Å². The van der Waals surface area contributed by atoms with Gasteiger partial charge in [0.25, 0.3) is 0 Å². The monoisotopic (exact) mass is 265 g/mol. The Morgan fingerprint density at radius 1 is 1.32 bits per heavy atom. The number of anilines is 1. The second kappa shape index (κ2) is 5.19. The molecule has 0 saturated heterocycles. The van der Waals surface area contributed by atoms with Crippen molar-refractivity contribution in [1.82, 2.24) is 0 Å². The summed E-state index contributed by atoms with van der Waals surface area (Å²) in [4.78, 5) is 11.7. The van der Waals surface area contributed by atoms with Gasteiger partial charge in [-0.2, -0.15) is 0 Å². The third-order valence-electron chi connectivity index (χ3n) is 4.31. The number of carbonyl (C=O) groups is 1. The van der Waals surface area contributed by atoms with Gasteiger partial charge in [-0.3, -0.25) is 0 Å².